The van der Waals surface area contributed by atoms with E-state index in [0.29, 0.717) is 70.6 Å². The van der Waals surface area contributed by atoms with Gasteiger partial charge in [0.15, 0.2) is 18.9 Å². The first-order chi connectivity index (χ1) is 54.1. The lowest BCUT2D eigenvalue weighted by atomic mass is 9.87. The average molecular weight is 1630 g/mol. The summed E-state index contributed by atoms with van der Waals surface area (Å²) in [5.74, 6) is -5.15. The summed E-state index contributed by atoms with van der Waals surface area (Å²) in [6.45, 7) is 2.55. The summed E-state index contributed by atoms with van der Waals surface area (Å²) in [7, 11) is 0. The van der Waals surface area contributed by atoms with Gasteiger partial charge in [0.25, 0.3) is 0 Å². The zero-order chi connectivity index (χ0) is 83.4. The normalized spacial score (nSPS) is 23.6. The molecule has 9 amide bonds. The molecule has 3 heterocycles. The van der Waals surface area contributed by atoms with Crippen LogP contribution in [-0.4, -0.2) is 326 Å². The second-order valence-electron chi connectivity index (χ2n) is 28.7. The second kappa shape index (κ2) is 59.3. The van der Waals surface area contributed by atoms with Crippen LogP contribution in [0.3, 0.4) is 0 Å². The third-order valence-corrected chi connectivity index (χ3v) is 18.8. The van der Waals surface area contributed by atoms with E-state index in [1.54, 1.807) is 0 Å². The van der Waals surface area contributed by atoms with E-state index in [2.05, 4.69) is 47.9 Å². The number of hydrogen-bond donors (Lipinski definition) is 19. The highest BCUT2D eigenvalue weighted by atomic mass is 16.7. The molecule has 0 bridgehead atoms. The number of Topliss-reactive ketones (excluding diaryl/α,β-unsaturated/α-hetero) is 1. The van der Waals surface area contributed by atoms with E-state index < -0.39 is 135 Å². The van der Waals surface area contributed by atoms with Crippen LogP contribution in [0.5, 0.6) is 0 Å². The fraction of sp³-hybridized carbons (Fsp3) is 0.851. The quantitative estimate of drug-likeness (QED) is 0.0262. The van der Waals surface area contributed by atoms with Gasteiger partial charge in [0.05, 0.1) is 65.6 Å². The van der Waals surface area contributed by atoms with Crippen LogP contribution < -0.4 is 47.9 Å². The molecule has 15 atom stereocenters. The van der Waals surface area contributed by atoms with Crippen LogP contribution in [0.15, 0.2) is 0 Å². The van der Waals surface area contributed by atoms with Crippen molar-refractivity contribution in [3.8, 4) is 0 Å². The van der Waals surface area contributed by atoms with E-state index in [-0.39, 0.29) is 204 Å². The molecule has 19 N–H and O–H groups in total. The summed E-state index contributed by atoms with van der Waals surface area (Å²) in [5, 5.41) is 125. The topological polar surface area (TPSA) is 581 Å². The Labute approximate surface area is 660 Å². The molecular formula is C74H131N9O30. The van der Waals surface area contributed by atoms with Crippen molar-refractivity contribution in [2.75, 3.05) is 119 Å². The van der Waals surface area contributed by atoms with Crippen molar-refractivity contribution in [3.05, 3.63) is 0 Å². The first-order valence-corrected chi connectivity index (χ1v) is 39.8. The van der Waals surface area contributed by atoms with E-state index in [4.69, 9.17) is 47.7 Å². The van der Waals surface area contributed by atoms with Gasteiger partial charge in [-0.2, -0.15) is 0 Å². The molecule has 0 aromatic rings. The molecule has 0 spiro atoms. The van der Waals surface area contributed by atoms with Crippen LogP contribution in [0.2, 0.25) is 0 Å². The Bertz CT molecular complexity index is 2520. The van der Waals surface area contributed by atoms with Crippen molar-refractivity contribution in [1.29, 1.82) is 0 Å². The summed E-state index contributed by atoms with van der Waals surface area (Å²) < 4.78 is 52.2. The van der Waals surface area contributed by atoms with E-state index in [1.807, 2.05) is 0 Å². The number of rotatable bonds is 64. The van der Waals surface area contributed by atoms with Crippen LogP contribution in [0, 0.1) is 5.92 Å². The highest BCUT2D eigenvalue weighted by Gasteiger charge is 2.48. The zero-order valence-electron chi connectivity index (χ0n) is 65.9. The van der Waals surface area contributed by atoms with Gasteiger partial charge in [0, 0.05) is 137 Å². The molecule has 0 aromatic heterocycles. The molecular weight excluding hydrogens is 1490 g/mol. The molecule has 113 heavy (non-hydrogen) atoms. The number of aliphatic hydroxyl groups is 9. The van der Waals surface area contributed by atoms with Crippen LogP contribution in [0.25, 0.3) is 0 Å². The zero-order valence-corrected chi connectivity index (χ0v) is 65.9. The number of unbranched alkanes of at least 4 members (excludes halogenated alkanes) is 10. The molecule has 0 aliphatic carbocycles. The van der Waals surface area contributed by atoms with Crippen LogP contribution in [0.4, 0.5) is 0 Å². The number of ketones is 1. The number of ether oxygens (including phenoxy) is 9. The van der Waals surface area contributed by atoms with Crippen molar-refractivity contribution in [3.63, 3.8) is 0 Å². The summed E-state index contributed by atoms with van der Waals surface area (Å²) >= 11 is 0. The summed E-state index contributed by atoms with van der Waals surface area (Å²) in [6.07, 6.45) is -5.27. The lowest BCUT2D eigenvalue weighted by molar-refractivity contribution is -0.285. The summed E-state index contributed by atoms with van der Waals surface area (Å²) in [4.78, 5) is 137. The maximum absolute atomic E-state index is 13.9. The second-order valence-corrected chi connectivity index (χ2v) is 28.7. The van der Waals surface area contributed by atoms with Crippen LogP contribution >= 0.6 is 0 Å². The van der Waals surface area contributed by atoms with Gasteiger partial charge in [-0.1, -0.05) is 38.5 Å². The van der Waals surface area contributed by atoms with Gasteiger partial charge in [0.1, 0.15) is 72.2 Å². The highest BCUT2D eigenvalue weighted by molar-refractivity contribution is 5.79. The number of nitrogens with one attached hydrogen (secondary N) is 9. The van der Waals surface area contributed by atoms with Crippen molar-refractivity contribution < 1.29 is 146 Å². The van der Waals surface area contributed by atoms with Gasteiger partial charge in [-0.25, -0.2) is 0 Å². The number of carboxylic acid groups (broad SMARTS) is 1. The first-order valence-electron chi connectivity index (χ1n) is 39.8. The highest BCUT2D eigenvalue weighted by Crippen LogP contribution is 2.31. The van der Waals surface area contributed by atoms with E-state index in [0.717, 1.165) is 38.5 Å². The van der Waals surface area contributed by atoms with Gasteiger partial charge in [-0.05, 0) is 77.6 Å². The molecule has 3 rings (SSSR count). The minimum Gasteiger partial charge on any atom is -0.481 e. The Morgan fingerprint density at radius 3 is 0.956 bits per heavy atom. The van der Waals surface area contributed by atoms with Crippen molar-refractivity contribution in [2.24, 2.45) is 5.92 Å². The molecule has 0 aromatic carbocycles. The summed E-state index contributed by atoms with van der Waals surface area (Å²) in [5.41, 5.74) is -1.42. The molecule has 3 aliphatic heterocycles. The molecule has 39 heteroatoms. The molecule has 0 radical (unpaired) electrons. The fourth-order valence-corrected chi connectivity index (χ4v) is 12.5. The predicted octanol–water partition coefficient (Wildman–Crippen LogP) is -3.60. The van der Waals surface area contributed by atoms with Gasteiger partial charge >= 0.3 is 5.97 Å². The van der Waals surface area contributed by atoms with Crippen molar-refractivity contribution in [1.82, 2.24) is 47.9 Å². The Hall–Kier alpha value is -6.35. The predicted molar refractivity (Wildman–Crippen MR) is 400 cm³/mol. The third kappa shape index (κ3) is 43.4. The third-order valence-electron chi connectivity index (χ3n) is 18.8. The lowest BCUT2D eigenvalue weighted by Crippen LogP contribution is -2.64. The largest absolute Gasteiger partial charge is 0.481 e. The Balaban J connectivity index is 1.55. The van der Waals surface area contributed by atoms with E-state index in [1.165, 1.54) is 20.8 Å². The molecule has 3 saturated heterocycles. The lowest BCUT2D eigenvalue weighted by Gasteiger charge is -2.42. The maximum Gasteiger partial charge on any atom is 0.303 e. The SMILES string of the molecule is CC(=O)C[C@H]1[C@H](OCCCCC(=O)NCCCNC(=O)CCOCC(COCCC(=O)NCCCNC(=O)CCCCO[C@@H]2O[C@H](CO)[C@H](O)[C@H](O)[C@H]2NC(C)=O)(COCCC(=O)NCCCNC(=O)CCCCO[C@@H]2O[C@H](CO)[C@H](O)[C@H](O)[C@H]2NC(C)=O)NC(=O)CCCCCCCCCCC(=O)O)O[C@H](CO)[C@H](O)[C@@H]1O. The molecule has 0 unspecified atom stereocenters. The minimum atomic E-state index is -1.46. The molecule has 0 saturated carbocycles. The molecule has 3 aliphatic rings. The van der Waals surface area contributed by atoms with Gasteiger partial charge in [-0.3, -0.25) is 47.9 Å². The molecule has 3 fully saturated rings. The number of amides is 9. The van der Waals surface area contributed by atoms with Crippen LogP contribution in [-0.2, 0) is 95.4 Å². The van der Waals surface area contributed by atoms with Gasteiger partial charge in [0.2, 0.25) is 53.2 Å². The monoisotopic (exact) mass is 1630 g/mol. The van der Waals surface area contributed by atoms with Crippen LogP contribution in [0.1, 0.15) is 188 Å². The fourth-order valence-electron chi connectivity index (χ4n) is 12.5. The Kier molecular flexibility index (Phi) is 52.9. The minimum absolute atomic E-state index is 0.0763. The molecule has 652 valence electrons. The Morgan fingerprint density at radius 2 is 0.628 bits per heavy atom. The van der Waals surface area contributed by atoms with E-state index >= 15 is 0 Å². The number of carbonyl (C=O) groups excluding carboxylic acids is 10. The first kappa shape index (κ1) is 101. The summed E-state index contributed by atoms with van der Waals surface area (Å²) in [6, 6.07) is -2.19. The number of aliphatic carboxylic acids is 1. The number of carboxylic acids is 1. The number of aliphatic hydroxyl groups excluding tert-OH is 9. The van der Waals surface area contributed by atoms with Gasteiger partial charge in [-0.15, -0.1) is 0 Å². The van der Waals surface area contributed by atoms with Gasteiger partial charge < -0.3 is 146 Å². The van der Waals surface area contributed by atoms with Crippen molar-refractivity contribution >= 4 is 64.9 Å². The van der Waals surface area contributed by atoms with Crippen molar-refractivity contribution in [2.45, 2.75) is 279 Å². The smallest absolute Gasteiger partial charge is 0.303 e. The average Bonchev–Trinajstić information content (AvgIpc) is 0.816. The van der Waals surface area contributed by atoms with E-state index in [9.17, 15) is 98.7 Å². The number of carbonyl (C=O) groups is 11. The Morgan fingerprint density at radius 1 is 0.336 bits per heavy atom. The molecule has 39 nitrogen and oxygen atoms in total. The number of hydrogen-bond acceptors (Lipinski definition) is 29. The standard InChI is InChI=1S/C74H131N9O30/c1-48(87)41-51-65(99)66(100)52(42-84)111-71(51)108-35-15-12-21-55(90)75-29-18-32-78-58(93)26-38-105-45-74(83-61(96)24-10-8-6-4-5-7-9-11-25-62(97)98,46-106-39-27-59(94)79-33-19-30-76-56(91)22-13-16-36-109-72-63(81-49(2)88)69(103)67(101)53(43-85)112-72)47-107-40-28-60(95)80-34-20-31-77-57(92)23-14-17-37-110-73-64(82-50(3)89)70(104)68(102)54(44-86)113-73/h51-54,63-73,84-86,99-104H,4-47H2,1-3H3,(H,75,90)(H,76,91)(H,77,92)(H,78,93)(H,79,94)(H,80,95)(H,81,88)(H,82,89)(H,83,96)(H,97,98)/t51-,52-,53-,54-,63-,64-,65-,66+,67+,68+,69-,70-,71-,72-,73-/m1/s1. The maximum atomic E-state index is 13.9.